The van der Waals surface area contributed by atoms with Crippen molar-refractivity contribution in [2.75, 3.05) is 32.7 Å². The molecule has 0 spiro atoms. The fourth-order valence-electron chi connectivity index (χ4n) is 4.19. The number of amides is 1. The Balaban J connectivity index is 0.00000196. The number of carbonyl (C=O) groups excluding carboxylic acids is 1. The van der Waals surface area contributed by atoms with Gasteiger partial charge in [0.1, 0.15) is 0 Å². The van der Waals surface area contributed by atoms with Crippen LogP contribution in [0.1, 0.15) is 42.4 Å². The molecule has 3 rings (SSSR count). The Bertz CT molecular complexity index is 637. The van der Waals surface area contributed by atoms with Crippen LogP contribution in [0.2, 0.25) is 0 Å². The Morgan fingerprint density at radius 2 is 1.75 bits per heavy atom. The zero-order chi connectivity index (χ0) is 18.5. The molecule has 1 aromatic carbocycles. The number of nitrogens with two attached hydrogens (primary N) is 1. The van der Waals surface area contributed by atoms with Gasteiger partial charge in [0.2, 0.25) is 5.91 Å². The van der Waals surface area contributed by atoms with Gasteiger partial charge in [0, 0.05) is 25.7 Å². The highest BCUT2D eigenvalue weighted by atomic mass is 35.5. The first-order chi connectivity index (χ1) is 12.5. The molecule has 0 aliphatic carbocycles. The van der Waals surface area contributed by atoms with E-state index in [0.717, 1.165) is 51.9 Å². The molecule has 0 radical (unpaired) electrons. The lowest BCUT2D eigenvalue weighted by Crippen LogP contribution is -2.49. The van der Waals surface area contributed by atoms with E-state index >= 15 is 0 Å². The van der Waals surface area contributed by atoms with Crippen LogP contribution in [0, 0.1) is 19.8 Å². The molecule has 0 saturated carbocycles. The van der Waals surface area contributed by atoms with Crippen LogP contribution < -0.4 is 5.73 Å². The number of rotatable bonds is 4. The SMILES string of the molecule is Cc1cccc(C)c1/C=C/C1CCN(C(=O)CN2CCC[C@H](N)C2)CC1.Cl.Cl. The van der Waals surface area contributed by atoms with E-state index in [2.05, 4.69) is 49.1 Å². The van der Waals surface area contributed by atoms with Gasteiger partial charge in [-0.25, -0.2) is 0 Å². The molecule has 0 unspecified atom stereocenters. The molecule has 2 N–H and O–H groups in total. The minimum Gasteiger partial charge on any atom is -0.342 e. The molecule has 1 atom stereocenters. The van der Waals surface area contributed by atoms with Crippen molar-refractivity contribution in [1.29, 1.82) is 0 Å². The maximum Gasteiger partial charge on any atom is 0.236 e. The van der Waals surface area contributed by atoms with Gasteiger partial charge in [-0.15, -0.1) is 24.8 Å². The number of nitrogens with zero attached hydrogens (tertiary/aromatic N) is 2. The van der Waals surface area contributed by atoms with Crippen molar-refractivity contribution < 1.29 is 4.79 Å². The van der Waals surface area contributed by atoms with E-state index in [0.29, 0.717) is 12.5 Å². The third kappa shape index (κ3) is 6.77. The summed E-state index contributed by atoms with van der Waals surface area (Å²) in [6, 6.07) is 6.68. The zero-order valence-corrected chi connectivity index (χ0v) is 18.7. The number of aryl methyl sites for hydroxylation is 2. The van der Waals surface area contributed by atoms with Crippen molar-refractivity contribution in [2.24, 2.45) is 11.7 Å². The highest BCUT2D eigenvalue weighted by molar-refractivity contribution is 5.85. The van der Waals surface area contributed by atoms with E-state index in [1.807, 2.05) is 4.90 Å². The molecule has 2 aliphatic heterocycles. The van der Waals surface area contributed by atoms with Crippen LogP contribution in [0.25, 0.3) is 6.08 Å². The number of halogens is 2. The molecule has 2 saturated heterocycles. The molecular formula is C22H35Cl2N3O. The Labute approximate surface area is 182 Å². The zero-order valence-electron chi connectivity index (χ0n) is 17.1. The average molecular weight is 428 g/mol. The first kappa shape index (κ1) is 25.0. The average Bonchev–Trinajstić information content (AvgIpc) is 2.62. The fourth-order valence-corrected chi connectivity index (χ4v) is 4.19. The summed E-state index contributed by atoms with van der Waals surface area (Å²) in [6.07, 6.45) is 8.95. The fraction of sp³-hybridized carbons (Fsp3) is 0.591. The summed E-state index contributed by atoms with van der Waals surface area (Å²) in [5.41, 5.74) is 10.0. The summed E-state index contributed by atoms with van der Waals surface area (Å²) in [4.78, 5) is 16.8. The third-order valence-corrected chi connectivity index (χ3v) is 5.87. The lowest BCUT2D eigenvalue weighted by atomic mass is 9.94. The smallest absolute Gasteiger partial charge is 0.236 e. The number of carbonyl (C=O) groups is 1. The number of benzene rings is 1. The van der Waals surface area contributed by atoms with E-state index in [1.165, 1.54) is 16.7 Å². The van der Waals surface area contributed by atoms with Crippen LogP contribution in [0.3, 0.4) is 0 Å². The lowest BCUT2D eigenvalue weighted by Gasteiger charge is -2.35. The Morgan fingerprint density at radius 1 is 1.11 bits per heavy atom. The van der Waals surface area contributed by atoms with Crippen LogP contribution >= 0.6 is 24.8 Å². The molecule has 4 nitrogen and oxygen atoms in total. The van der Waals surface area contributed by atoms with Gasteiger partial charge in [0.05, 0.1) is 6.54 Å². The normalized spacial score (nSPS) is 21.2. The first-order valence-corrected chi connectivity index (χ1v) is 10.0. The number of likely N-dealkylation sites (tertiary alicyclic amines) is 2. The molecule has 1 aromatic rings. The maximum absolute atomic E-state index is 12.6. The summed E-state index contributed by atoms with van der Waals surface area (Å²) in [6.45, 7) is 8.49. The van der Waals surface area contributed by atoms with E-state index in [9.17, 15) is 4.79 Å². The minimum atomic E-state index is 0. The van der Waals surface area contributed by atoms with Gasteiger partial charge in [0.15, 0.2) is 0 Å². The van der Waals surface area contributed by atoms with Crippen molar-refractivity contribution in [1.82, 2.24) is 9.80 Å². The van der Waals surface area contributed by atoms with Crippen LogP contribution in [0.5, 0.6) is 0 Å². The second kappa shape index (κ2) is 11.8. The van der Waals surface area contributed by atoms with Gasteiger partial charge in [-0.2, -0.15) is 0 Å². The molecule has 1 amide bonds. The van der Waals surface area contributed by atoms with E-state index in [4.69, 9.17) is 5.73 Å². The minimum absolute atomic E-state index is 0. The van der Waals surface area contributed by atoms with Gasteiger partial charge in [-0.1, -0.05) is 30.4 Å². The monoisotopic (exact) mass is 427 g/mol. The predicted octanol–water partition coefficient (Wildman–Crippen LogP) is 3.82. The number of piperidine rings is 2. The topological polar surface area (TPSA) is 49.6 Å². The van der Waals surface area contributed by atoms with Gasteiger partial charge >= 0.3 is 0 Å². The molecule has 6 heteroatoms. The van der Waals surface area contributed by atoms with Crippen molar-refractivity contribution in [3.8, 4) is 0 Å². The molecule has 2 fully saturated rings. The Kier molecular flexibility index (Phi) is 10.5. The Hall–Kier alpha value is -1.07. The molecule has 2 heterocycles. The molecular weight excluding hydrogens is 393 g/mol. The summed E-state index contributed by atoms with van der Waals surface area (Å²) in [7, 11) is 0. The van der Waals surface area contributed by atoms with Crippen LogP contribution in [-0.4, -0.2) is 54.5 Å². The summed E-state index contributed by atoms with van der Waals surface area (Å²) < 4.78 is 0. The van der Waals surface area contributed by atoms with Gasteiger partial charge in [0.25, 0.3) is 0 Å². The van der Waals surface area contributed by atoms with E-state index in [-0.39, 0.29) is 36.8 Å². The second-order valence-corrected chi connectivity index (χ2v) is 8.02. The predicted molar refractivity (Wildman–Crippen MR) is 122 cm³/mol. The van der Waals surface area contributed by atoms with Gasteiger partial charge in [-0.3, -0.25) is 9.69 Å². The molecule has 158 valence electrons. The van der Waals surface area contributed by atoms with Gasteiger partial charge < -0.3 is 10.6 Å². The highest BCUT2D eigenvalue weighted by Gasteiger charge is 2.25. The highest BCUT2D eigenvalue weighted by Crippen LogP contribution is 2.22. The van der Waals surface area contributed by atoms with Crippen molar-refractivity contribution in [3.05, 3.63) is 41.0 Å². The van der Waals surface area contributed by atoms with Crippen LogP contribution in [0.15, 0.2) is 24.3 Å². The van der Waals surface area contributed by atoms with E-state index < -0.39 is 0 Å². The second-order valence-electron chi connectivity index (χ2n) is 8.02. The molecule has 0 bridgehead atoms. The lowest BCUT2D eigenvalue weighted by molar-refractivity contribution is -0.133. The maximum atomic E-state index is 12.6. The largest absolute Gasteiger partial charge is 0.342 e. The standard InChI is InChI=1S/C22H33N3O.2ClH/c1-17-5-3-6-18(2)21(17)9-8-19-10-13-25(14-11-19)22(26)16-24-12-4-7-20(23)15-24;;/h3,5-6,8-9,19-20H,4,7,10-16,23H2,1-2H3;2*1H/b9-8+;;/t20-;;/m0../s1. The van der Waals surface area contributed by atoms with Crippen molar-refractivity contribution in [2.45, 2.75) is 45.6 Å². The number of allylic oxidation sites excluding steroid dienone is 1. The number of hydrogen-bond donors (Lipinski definition) is 1. The summed E-state index contributed by atoms with van der Waals surface area (Å²) >= 11 is 0. The number of hydrogen-bond acceptors (Lipinski definition) is 3. The Morgan fingerprint density at radius 3 is 2.36 bits per heavy atom. The van der Waals surface area contributed by atoms with Crippen molar-refractivity contribution >= 4 is 36.8 Å². The summed E-state index contributed by atoms with van der Waals surface area (Å²) in [5, 5.41) is 0. The molecule has 0 aromatic heterocycles. The quantitative estimate of drug-likeness (QED) is 0.793. The van der Waals surface area contributed by atoms with Crippen LogP contribution in [0.4, 0.5) is 0 Å². The van der Waals surface area contributed by atoms with Gasteiger partial charge in [-0.05, 0) is 68.7 Å². The molecule has 28 heavy (non-hydrogen) atoms. The van der Waals surface area contributed by atoms with E-state index in [1.54, 1.807) is 0 Å². The molecule has 2 aliphatic rings. The van der Waals surface area contributed by atoms with Crippen molar-refractivity contribution in [3.63, 3.8) is 0 Å². The third-order valence-electron chi connectivity index (χ3n) is 5.87. The van der Waals surface area contributed by atoms with Crippen LogP contribution in [-0.2, 0) is 4.79 Å². The first-order valence-electron chi connectivity index (χ1n) is 10.0. The summed E-state index contributed by atoms with van der Waals surface area (Å²) in [5.74, 6) is 0.845.